The molecule has 1 aliphatic heterocycles. The van der Waals surface area contributed by atoms with Gasteiger partial charge in [0.2, 0.25) is 0 Å². The van der Waals surface area contributed by atoms with Crippen molar-refractivity contribution in [2.24, 2.45) is 0 Å². The Morgan fingerprint density at radius 2 is 1.08 bits per heavy atom. The first-order valence-electron chi connectivity index (χ1n) is 17.1. The predicted octanol–water partition coefficient (Wildman–Crippen LogP) is 12.9. The number of nitrogens with zero attached hydrogens (tertiary/aromatic N) is 2. The Morgan fingerprint density at radius 3 is 1.96 bits per heavy atom. The average Bonchev–Trinajstić information content (AvgIpc) is 3.48. The van der Waals surface area contributed by atoms with Crippen LogP contribution in [0.2, 0.25) is 0 Å². The highest BCUT2D eigenvalue weighted by atomic mass is 15.1. The molecule has 0 fully saturated rings. The largest absolute Gasteiger partial charge is 0.310 e. The first-order valence-corrected chi connectivity index (χ1v) is 17.1. The van der Waals surface area contributed by atoms with Crippen molar-refractivity contribution in [3.63, 3.8) is 0 Å². The number of benzene rings is 8. The van der Waals surface area contributed by atoms with E-state index in [1.165, 1.54) is 71.3 Å². The van der Waals surface area contributed by atoms with Gasteiger partial charge < -0.3 is 9.47 Å². The number of rotatable bonds is 4. The van der Waals surface area contributed by atoms with E-state index in [1.54, 1.807) is 0 Å². The lowest BCUT2D eigenvalue weighted by Gasteiger charge is -2.34. The molecule has 0 saturated heterocycles. The first-order chi connectivity index (χ1) is 24.1. The van der Waals surface area contributed by atoms with Crippen molar-refractivity contribution >= 4 is 60.4 Å². The van der Waals surface area contributed by atoms with Gasteiger partial charge in [-0.15, -0.1) is 0 Å². The maximum atomic E-state index is 2.49. The van der Waals surface area contributed by atoms with Gasteiger partial charge in [-0.2, -0.15) is 0 Å². The molecule has 0 aliphatic carbocycles. The van der Waals surface area contributed by atoms with E-state index in [-0.39, 0.29) is 5.41 Å². The predicted molar refractivity (Wildman–Crippen MR) is 208 cm³/mol. The molecule has 9 aromatic rings. The third kappa shape index (κ3) is 4.14. The van der Waals surface area contributed by atoms with E-state index in [9.17, 15) is 0 Å². The fourth-order valence-corrected chi connectivity index (χ4v) is 8.32. The summed E-state index contributed by atoms with van der Waals surface area (Å²) in [4.78, 5) is 2.41. The summed E-state index contributed by atoms with van der Waals surface area (Å²) in [5, 5.41) is 7.55. The zero-order valence-corrected chi connectivity index (χ0v) is 27.6. The molecule has 0 amide bonds. The average molecular weight is 627 g/mol. The normalized spacial score (nSPS) is 13.3. The van der Waals surface area contributed by atoms with Gasteiger partial charge in [0.15, 0.2) is 0 Å². The van der Waals surface area contributed by atoms with Crippen LogP contribution in [0.3, 0.4) is 0 Å². The van der Waals surface area contributed by atoms with Gasteiger partial charge in [0.25, 0.3) is 0 Å². The second-order valence-electron chi connectivity index (χ2n) is 13.8. The summed E-state index contributed by atoms with van der Waals surface area (Å²) in [7, 11) is 0. The minimum absolute atomic E-state index is 0.0910. The van der Waals surface area contributed by atoms with Crippen molar-refractivity contribution < 1.29 is 0 Å². The van der Waals surface area contributed by atoms with Gasteiger partial charge in [-0.25, -0.2) is 0 Å². The van der Waals surface area contributed by atoms with Crippen LogP contribution in [-0.4, -0.2) is 4.57 Å². The van der Waals surface area contributed by atoms with Crippen LogP contribution in [0, 0.1) is 0 Å². The lowest BCUT2D eigenvalue weighted by atomic mass is 9.75. The van der Waals surface area contributed by atoms with Crippen molar-refractivity contribution in [2.75, 3.05) is 4.90 Å². The zero-order valence-electron chi connectivity index (χ0n) is 27.6. The van der Waals surface area contributed by atoms with E-state index < -0.39 is 0 Å². The van der Waals surface area contributed by atoms with Gasteiger partial charge in [0, 0.05) is 33.2 Å². The molecule has 0 N–H and O–H groups in total. The van der Waals surface area contributed by atoms with Gasteiger partial charge in [-0.3, -0.25) is 0 Å². The fraction of sp³-hybridized carbons (Fsp3) is 0.0638. The van der Waals surface area contributed by atoms with Gasteiger partial charge in [-0.1, -0.05) is 135 Å². The van der Waals surface area contributed by atoms with E-state index in [0.717, 1.165) is 17.1 Å². The Morgan fingerprint density at radius 1 is 0.449 bits per heavy atom. The number of aromatic nitrogens is 1. The van der Waals surface area contributed by atoms with Crippen molar-refractivity contribution in [2.45, 2.75) is 19.3 Å². The summed E-state index contributed by atoms with van der Waals surface area (Å²) in [6, 6.07) is 62.4. The molecular weight excluding hydrogens is 593 g/mol. The molecule has 0 bridgehead atoms. The highest BCUT2D eigenvalue weighted by Crippen LogP contribution is 2.48. The van der Waals surface area contributed by atoms with E-state index in [4.69, 9.17) is 0 Å². The molecule has 49 heavy (non-hydrogen) atoms. The number of para-hydroxylation sites is 2. The summed E-state index contributed by atoms with van der Waals surface area (Å²) < 4.78 is 2.49. The Kier molecular flexibility index (Phi) is 5.95. The van der Waals surface area contributed by atoms with E-state index in [1.807, 2.05) is 0 Å². The third-order valence-corrected chi connectivity index (χ3v) is 10.7. The van der Waals surface area contributed by atoms with Crippen LogP contribution in [0.5, 0.6) is 0 Å². The summed E-state index contributed by atoms with van der Waals surface area (Å²) in [6.07, 6.45) is 0. The molecule has 2 nitrogen and oxygen atoms in total. The van der Waals surface area contributed by atoms with Crippen molar-refractivity contribution in [1.82, 2.24) is 4.57 Å². The van der Waals surface area contributed by atoms with Crippen LogP contribution in [-0.2, 0) is 5.41 Å². The fourth-order valence-electron chi connectivity index (χ4n) is 8.32. The van der Waals surface area contributed by atoms with Gasteiger partial charge in [0.05, 0.1) is 16.7 Å². The molecule has 0 spiro atoms. The molecule has 1 aromatic heterocycles. The lowest BCUT2D eigenvalue weighted by Crippen LogP contribution is -2.26. The molecule has 0 saturated carbocycles. The summed E-state index contributed by atoms with van der Waals surface area (Å²) in [5.74, 6) is 0. The number of hydrogen-bond donors (Lipinski definition) is 0. The number of hydrogen-bond acceptors (Lipinski definition) is 1. The van der Waals surface area contributed by atoms with Crippen LogP contribution < -0.4 is 4.90 Å². The second-order valence-corrected chi connectivity index (χ2v) is 13.8. The third-order valence-electron chi connectivity index (χ3n) is 10.7. The highest BCUT2D eigenvalue weighted by Gasteiger charge is 2.34. The Bertz CT molecular complexity index is 2740. The Balaban J connectivity index is 1.19. The van der Waals surface area contributed by atoms with Crippen LogP contribution in [0.25, 0.3) is 60.2 Å². The Hall–Kier alpha value is -6.12. The van der Waals surface area contributed by atoms with Crippen LogP contribution >= 0.6 is 0 Å². The van der Waals surface area contributed by atoms with Gasteiger partial charge in [0.1, 0.15) is 0 Å². The second kappa shape index (κ2) is 10.4. The monoisotopic (exact) mass is 626 g/mol. The smallest absolute Gasteiger partial charge is 0.0582 e. The zero-order chi connectivity index (χ0) is 32.7. The van der Waals surface area contributed by atoms with Gasteiger partial charge in [-0.05, 0) is 92.3 Å². The van der Waals surface area contributed by atoms with Crippen molar-refractivity contribution in [3.05, 3.63) is 181 Å². The standard InChI is InChI=1S/C47H34N2/c1-47(2)42-18-7-8-20-45(42)49-44-28-27-37(30-41(44)40-17-10-19-43(47)46(40)49)48(36-26-21-31-11-3-4-13-34(31)29-36)35-24-22-33(23-25-35)39-16-9-14-32-12-5-6-15-38(32)39/h3-30H,1-2H3. The quantitative estimate of drug-likeness (QED) is 0.189. The maximum Gasteiger partial charge on any atom is 0.0582 e. The molecule has 0 atom stereocenters. The first kappa shape index (κ1) is 27.9. The molecule has 10 rings (SSSR count). The highest BCUT2D eigenvalue weighted by molar-refractivity contribution is 6.13. The molecule has 2 heteroatoms. The van der Waals surface area contributed by atoms with Crippen LogP contribution in [0.1, 0.15) is 25.0 Å². The number of anilines is 3. The topological polar surface area (TPSA) is 8.17 Å². The maximum absolute atomic E-state index is 2.49. The van der Waals surface area contributed by atoms with Crippen LogP contribution in [0.15, 0.2) is 170 Å². The molecule has 232 valence electrons. The van der Waals surface area contributed by atoms with E-state index >= 15 is 0 Å². The lowest BCUT2D eigenvalue weighted by molar-refractivity contribution is 0.630. The van der Waals surface area contributed by atoms with Gasteiger partial charge >= 0.3 is 0 Å². The van der Waals surface area contributed by atoms with Crippen LogP contribution in [0.4, 0.5) is 17.1 Å². The summed E-state index contributed by atoms with van der Waals surface area (Å²) >= 11 is 0. The molecule has 1 aliphatic rings. The summed E-state index contributed by atoms with van der Waals surface area (Å²) in [6.45, 7) is 4.72. The Labute approximate surface area is 286 Å². The molecule has 8 aromatic carbocycles. The van der Waals surface area contributed by atoms with Crippen molar-refractivity contribution in [3.8, 4) is 16.8 Å². The molecule has 0 radical (unpaired) electrons. The van der Waals surface area contributed by atoms with Crippen molar-refractivity contribution in [1.29, 1.82) is 0 Å². The molecule has 0 unspecified atom stereocenters. The number of fused-ring (bicyclic) bond motifs is 7. The minimum Gasteiger partial charge on any atom is -0.310 e. The van der Waals surface area contributed by atoms with E-state index in [2.05, 4.69) is 193 Å². The summed E-state index contributed by atoms with van der Waals surface area (Å²) in [5.41, 5.74) is 12.3. The molecular formula is C47H34N2. The van der Waals surface area contributed by atoms with E-state index in [0.29, 0.717) is 0 Å². The SMILES string of the molecule is CC1(C)c2ccccc2-n2c3ccc(N(c4ccc(-c5cccc6ccccc56)cc4)c4ccc5ccccc5c4)cc3c3cccc1c32. The molecule has 2 heterocycles. The minimum atomic E-state index is -0.0910.